The summed E-state index contributed by atoms with van der Waals surface area (Å²) in [5.74, 6) is 4.29. The lowest BCUT2D eigenvalue weighted by Crippen LogP contribution is -2.20. The zero-order valence-corrected chi connectivity index (χ0v) is 19.9. The average molecular weight is 527 g/mol. The topological polar surface area (TPSA) is 121 Å². The highest BCUT2D eigenvalue weighted by atomic mass is 35.5. The third-order valence-electron chi connectivity index (χ3n) is 4.85. The maximum absolute atomic E-state index is 13.0. The van der Waals surface area contributed by atoms with Crippen molar-refractivity contribution < 1.29 is 18.0 Å². The molecule has 13 heteroatoms. The van der Waals surface area contributed by atoms with Gasteiger partial charge in [-0.05, 0) is 42.7 Å². The second-order valence-corrected chi connectivity index (χ2v) is 8.15. The third kappa shape index (κ3) is 6.74. The van der Waals surface area contributed by atoms with E-state index in [0.717, 1.165) is 23.4 Å². The largest absolute Gasteiger partial charge is 0.417 e. The van der Waals surface area contributed by atoms with Crippen molar-refractivity contribution in [3.8, 4) is 12.3 Å². The number of alkyl halides is 3. The Morgan fingerprint density at radius 1 is 1.11 bits per heavy atom. The predicted octanol–water partition coefficient (Wildman–Crippen LogP) is 5.54. The SMILES string of the molecule is C#Cc1cc(Nc2cc(C)nc(Cc3ccc(NC(=O)Nc4ccc(Cl)c(C(F)(F)F)c4)nc3)n2)[nH]n1. The summed E-state index contributed by atoms with van der Waals surface area (Å²) < 4.78 is 39.1. The first kappa shape index (κ1) is 25.5. The Labute approximate surface area is 213 Å². The summed E-state index contributed by atoms with van der Waals surface area (Å²) in [6, 6.07) is 9.03. The fraction of sp³-hybridized carbons (Fsp3) is 0.125. The molecule has 0 aliphatic heterocycles. The molecule has 3 aromatic heterocycles. The number of H-pyrrole nitrogens is 1. The molecule has 1 aromatic carbocycles. The van der Waals surface area contributed by atoms with E-state index < -0.39 is 22.8 Å². The van der Waals surface area contributed by atoms with Gasteiger partial charge in [0.05, 0.1) is 10.6 Å². The lowest BCUT2D eigenvalue weighted by molar-refractivity contribution is -0.137. The number of hydrogen-bond donors (Lipinski definition) is 4. The number of aromatic amines is 1. The zero-order valence-electron chi connectivity index (χ0n) is 19.1. The van der Waals surface area contributed by atoms with Gasteiger partial charge in [0.1, 0.15) is 29.0 Å². The molecular formula is C24H18ClF3N8O. The van der Waals surface area contributed by atoms with Gasteiger partial charge in [0.2, 0.25) is 0 Å². The molecule has 0 radical (unpaired) electrons. The Morgan fingerprint density at radius 3 is 2.59 bits per heavy atom. The van der Waals surface area contributed by atoms with Crippen LogP contribution in [-0.4, -0.2) is 31.2 Å². The summed E-state index contributed by atoms with van der Waals surface area (Å²) in [6.07, 6.45) is 2.57. The molecule has 0 saturated heterocycles. The molecule has 0 aliphatic carbocycles. The molecule has 0 bridgehead atoms. The van der Waals surface area contributed by atoms with Crippen LogP contribution in [0.5, 0.6) is 0 Å². The summed E-state index contributed by atoms with van der Waals surface area (Å²) >= 11 is 5.60. The fourth-order valence-corrected chi connectivity index (χ4v) is 3.48. The zero-order chi connectivity index (χ0) is 26.6. The lowest BCUT2D eigenvalue weighted by Gasteiger charge is -2.12. The quantitative estimate of drug-likeness (QED) is 0.245. The Kier molecular flexibility index (Phi) is 7.26. The van der Waals surface area contributed by atoms with Gasteiger partial charge in [-0.15, -0.1) is 6.42 Å². The van der Waals surface area contributed by atoms with Gasteiger partial charge in [-0.25, -0.2) is 19.7 Å². The molecule has 9 nitrogen and oxygen atoms in total. The van der Waals surface area contributed by atoms with Gasteiger partial charge >= 0.3 is 12.2 Å². The van der Waals surface area contributed by atoms with Crippen LogP contribution in [0.1, 0.15) is 28.3 Å². The van der Waals surface area contributed by atoms with E-state index in [-0.39, 0.29) is 11.5 Å². The van der Waals surface area contributed by atoms with E-state index in [1.807, 2.05) is 6.92 Å². The van der Waals surface area contributed by atoms with E-state index in [0.29, 0.717) is 29.6 Å². The number of benzene rings is 1. The number of carbonyl (C=O) groups is 1. The van der Waals surface area contributed by atoms with E-state index in [2.05, 4.69) is 47.0 Å². The number of terminal acetylenes is 1. The summed E-state index contributed by atoms with van der Waals surface area (Å²) in [4.78, 5) is 25.3. The number of nitrogens with one attached hydrogen (secondary N) is 4. The van der Waals surface area contributed by atoms with Crippen molar-refractivity contribution in [2.75, 3.05) is 16.0 Å². The van der Waals surface area contributed by atoms with Crippen LogP contribution in [0.15, 0.2) is 48.7 Å². The monoisotopic (exact) mass is 526 g/mol. The van der Waals surface area contributed by atoms with Crippen molar-refractivity contribution in [2.24, 2.45) is 0 Å². The van der Waals surface area contributed by atoms with Gasteiger partial charge in [-0.1, -0.05) is 17.7 Å². The number of hydrogen-bond acceptors (Lipinski definition) is 6. The van der Waals surface area contributed by atoms with Crippen LogP contribution >= 0.6 is 11.6 Å². The predicted molar refractivity (Wildman–Crippen MR) is 133 cm³/mol. The maximum Gasteiger partial charge on any atom is 0.417 e. The molecule has 0 aliphatic rings. The lowest BCUT2D eigenvalue weighted by atomic mass is 10.2. The molecule has 4 rings (SSSR count). The number of nitrogens with zero attached hydrogens (tertiary/aromatic N) is 4. The summed E-state index contributed by atoms with van der Waals surface area (Å²) in [6.45, 7) is 1.83. The number of amides is 2. The number of aromatic nitrogens is 5. The Balaban J connectivity index is 1.38. The van der Waals surface area contributed by atoms with Gasteiger partial charge in [0, 0.05) is 36.1 Å². The first-order valence-corrected chi connectivity index (χ1v) is 11.0. The molecule has 4 N–H and O–H groups in total. The number of anilines is 4. The van der Waals surface area contributed by atoms with Crippen LogP contribution in [0.4, 0.5) is 41.1 Å². The molecular weight excluding hydrogens is 509 g/mol. The first-order valence-electron chi connectivity index (χ1n) is 10.6. The van der Waals surface area contributed by atoms with E-state index >= 15 is 0 Å². The number of rotatable bonds is 6. The van der Waals surface area contributed by atoms with E-state index in [1.54, 1.807) is 24.3 Å². The van der Waals surface area contributed by atoms with Crippen molar-refractivity contribution in [3.05, 3.63) is 82.0 Å². The number of pyridine rings is 1. The highest BCUT2D eigenvalue weighted by molar-refractivity contribution is 6.31. The van der Waals surface area contributed by atoms with Gasteiger partial charge in [-0.3, -0.25) is 10.4 Å². The van der Waals surface area contributed by atoms with Crippen molar-refractivity contribution in [2.45, 2.75) is 19.5 Å². The minimum absolute atomic E-state index is 0.0718. The minimum Gasteiger partial charge on any atom is -0.325 e. The summed E-state index contributed by atoms with van der Waals surface area (Å²) in [5, 5.41) is 14.1. The maximum atomic E-state index is 13.0. The van der Waals surface area contributed by atoms with Gasteiger partial charge < -0.3 is 10.6 Å². The molecule has 0 fully saturated rings. The standard InChI is InChI=1S/C24H18ClF3N8O/c1-3-15-11-22(36-35-15)33-20-8-13(2)30-21(32-20)9-14-4-7-19(29-12-14)34-23(37)31-16-5-6-18(25)17(10-16)24(26,27)28/h1,4-8,10-12H,9H2,2H3,(H2,29,31,34,37)(H2,30,32,33,35,36). The Morgan fingerprint density at radius 2 is 1.92 bits per heavy atom. The Bertz CT molecular complexity index is 1480. The molecule has 4 aromatic rings. The molecule has 188 valence electrons. The van der Waals surface area contributed by atoms with Crippen LogP contribution in [0.3, 0.4) is 0 Å². The minimum atomic E-state index is -4.65. The third-order valence-corrected chi connectivity index (χ3v) is 5.18. The van der Waals surface area contributed by atoms with Crippen molar-refractivity contribution >= 4 is 40.8 Å². The van der Waals surface area contributed by atoms with Gasteiger partial charge in [0.15, 0.2) is 0 Å². The number of carbonyl (C=O) groups excluding carboxylic acids is 1. The number of urea groups is 1. The molecule has 0 atom stereocenters. The van der Waals surface area contributed by atoms with E-state index in [4.69, 9.17) is 18.0 Å². The van der Waals surface area contributed by atoms with Crippen molar-refractivity contribution in [1.82, 2.24) is 25.1 Å². The van der Waals surface area contributed by atoms with Crippen molar-refractivity contribution in [1.29, 1.82) is 0 Å². The fourth-order valence-electron chi connectivity index (χ4n) is 3.26. The van der Waals surface area contributed by atoms with Crippen LogP contribution in [0, 0.1) is 19.3 Å². The van der Waals surface area contributed by atoms with Gasteiger partial charge in [0.25, 0.3) is 0 Å². The first-order chi connectivity index (χ1) is 17.6. The van der Waals surface area contributed by atoms with Gasteiger partial charge in [-0.2, -0.15) is 18.3 Å². The highest BCUT2D eigenvalue weighted by Crippen LogP contribution is 2.36. The van der Waals surface area contributed by atoms with Crippen LogP contribution in [-0.2, 0) is 12.6 Å². The molecule has 0 unspecified atom stereocenters. The second kappa shape index (κ2) is 10.5. The van der Waals surface area contributed by atoms with Crippen LogP contribution in [0.25, 0.3) is 0 Å². The molecule has 0 saturated carbocycles. The van der Waals surface area contributed by atoms with E-state index in [9.17, 15) is 18.0 Å². The van der Waals surface area contributed by atoms with Crippen LogP contribution < -0.4 is 16.0 Å². The van der Waals surface area contributed by atoms with E-state index in [1.165, 1.54) is 12.3 Å². The second-order valence-electron chi connectivity index (χ2n) is 7.75. The summed E-state index contributed by atoms with van der Waals surface area (Å²) in [5.41, 5.74) is 0.848. The Hall–Kier alpha value is -4.63. The van der Waals surface area contributed by atoms with Crippen LogP contribution in [0.2, 0.25) is 5.02 Å². The molecule has 2 amide bonds. The average Bonchev–Trinajstić information content (AvgIpc) is 3.28. The van der Waals surface area contributed by atoms with Crippen molar-refractivity contribution in [3.63, 3.8) is 0 Å². The molecule has 0 spiro atoms. The normalized spacial score (nSPS) is 11.0. The molecule has 3 heterocycles. The molecule has 37 heavy (non-hydrogen) atoms. The number of halogens is 4. The smallest absolute Gasteiger partial charge is 0.325 e. The number of aryl methyl sites for hydroxylation is 1. The highest BCUT2D eigenvalue weighted by Gasteiger charge is 2.33. The summed E-state index contributed by atoms with van der Waals surface area (Å²) in [7, 11) is 0.